The van der Waals surface area contributed by atoms with Crippen LogP contribution in [0, 0.1) is 0 Å². The van der Waals surface area contributed by atoms with Gasteiger partial charge in [-0.2, -0.15) is 0 Å². The van der Waals surface area contributed by atoms with Crippen molar-refractivity contribution < 1.29 is 4.74 Å². The highest BCUT2D eigenvalue weighted by atomic mass is 35.5. The smallest absolute Gasteiger partial charge is 0.329 e. The molecule has 0 radical (unpaired) electrons. The number of benzene rings is 1. The quantitative estimate of drug-likeness (QED) is 0.768. The summed E-state index contributed by atoms with van der Waals surface area (Å²) in [5.74, 6) is 1.50. The highest BCUT2D eigenvalue weighted by Crippen LogP contribution is 2.16. The van der Waals surface area contributed by atoms with Crippen molar-refractivity contribution in [3.63, 3.8) is 0 Å². The first-order valence-electron chi connectivity index (χ1n) is 8.69. The number of aromatic nitrogens is 2. The largest absolute Gasteiger partial charge is 0.494 e. The highest BCUT2D eigenvalue weighted by molar-refractivity contribution is 6.30. The van der Waals surface area contributed by atoms with Crippen LogP contribution in [0.2, 0.25) is 5.02 Å². The number of halogens is 1. The van der Waals surface area contributed by atoms with E-state index in [9.17, 15) is 9.59 Å². The molecule has 1 N–H and O–H groups in total. The van der Waals surface area contributed by atoms with E-state index in [1.54, 1.807) is 7.05 Å². The molecule has 1 aromatic heterocycles. The number of anilines is 1. The summed E-state index contributed by atoms with van der Waals surface area (Å²) in [5, 5.41) is 0.702. The summed E-state index contributed by atoms with van der Waals surface area (Å²) in [7, 11) is 1.67. The van der Waals surface area contributed by atoms with Gasteiger partial charge in [0.1, 0.15) is 11.6 Å². The van der Waals surface area contributed by atoms with Crippen LogP contribution in [-0.4, -0.2) is 53.8 Å². The molecule has 2 aromatic rings. The molecule has 0 saturated carbocycles. The molecule has 8 heteroatoms. The standard InChI is InChI=1S/C18H23ClN4O3/c1-21-17(13-16(24)20-18(21)25)23-10-8-22(9-11-23)7-2-12-26-15-5-3-14(19)4-6-15/h3-6,13H,2,7-12H2,1H3,(H,20,24,25). The molecule has 140 valence electrons. The molecule has 0 amide bonds. The van der Waals surface area contributed by atoms with Crippen LogP contribution in [0.4, 0.5) is 5.82 Å². The van der Waals surface area contributed by atoms with E-state index < -0.39 is 0 Å². The minimum absolute atomic E-state index is 0.357. The topological polar surface area (TPSA) is 70.6 Å². The van der Waals surface area contributed by atoms with Gasteiger partial charge in [0.25, 0.3) is 5.56 Å². The zero-order chi connectivity index (χ0) is 18.5. The lowest BCUT2D eigenvalue weighted by Gasteiger charge is -2.36. The number of piperazine rings is 1. The first kappa shape index (κ1) is 18.5. The molecule has 26 heavy (non-hydrogen) atoms. The maximum absolute atomic E-state index is 11.7. The molecule has 1 aliphatic heterocycles. The molecule has 0 spiro atoms. The van der Waals surface area contributed by atoms with Crippen LogP contribution >= 0.6 is 11.6 Å². The Morgan fingerprint density at radius 1 is 1.12 bits per heavy atom. The Morgan fingerprint density at radius 3 is 2.50 bits per heavy atom. The van der Waals surface area contributed by atoms with Crippen LogP contribution < -0.4 is 20.9 Å². The number of ether oxygens (including phenoxy) is 1. The second-order valence-corrected chi connectivity index (χ2v) is 6.78. The van der Waals surface area contributed by atoms with Gasteiger partial charge in [-0.3, -0.25) is 19.2 Å². The molecule has 1 fully saturated rings. The summed E-state index contributed by atoms with van der Waals surface area (Å²) in [5.41, 5.74) is -0.737. The first-order valence-corrected chi connectivity index (χ1v) is 9.07. The van der Waals surface area contributed by atoms with Crippen LogP contribution in [0.15, 0.2) is 39.9 Å². The fourth-order valence-electron chi connectivity index (χ4n) is 3.06. The van der Waals surface area contributed by atoms with Crippen molar-refractivity contribution in [2.75, 3.05) is 44.2 Å². The second-order valence-electron chi connectivity index (χ2n) is 6.34. The number of hydrogen-bond donors (Lipinski definition) is 1. The first-order chi connectivity index (χ1) is 12.5. The van der Waals surface area contributed by atoms with Crippen molar-refractivity contribution in [1.82, 2.24) is 14.5 Å². The van der Waals surface area contributed by atoms with E-state index in [1.165, 1.54) is 10.6 Å². The van der Waals surface area contributed by atoms with E-state index >= 15 is 0 Å². The fourth-order valence-corrected chi connectivity index (χ4v) is 3.18. The summed E-state index contributed by atoms with van der Waals surface area (Å²) in [6, 6.07) is 8.85. The van der Waals surface area contributed by atoms with Crippen LogP contribution in [-0.2, 0) is 7.05 Å². The molecule has 1 saturated heterocycles. The van der Waals surface area contributed by atoms with Crippen molar-refractivity contribution in [1.29, 1.82) is 0 Å². The Kier molecular flexibility index (Phi) is 6.00. The molecule has 1 aliphatic rings. The lowest BCUT2D eigenvalue weighted by atomic mass is 10.3. The molecule has 0 bridgehead atoms. The monoisotopic (exact) mass is 378 g/mol. The van der Waals surface area contributed by atoms with Crippen LogP contribution in [0.1, 0.15) is 6.42 Å². The molecule has 3 rings (SSSR count). The lowest BCUT2D eigenvalue weighted by Crippen LogP contribution is -2.48. The SMILES string of the molecule is Cn1c(N2CCN(CCCOc3ccc(Cl)cc3)CC2)cc(=O)[nH]c1=O. The highest BCUT2D eigenvalue weighted by Gasteiger charge is 2.19. The number of rotatable bonds is 6. The molecule has 2 heterocycles. The predicted molar refractivity (Wildman–Crippen MR) is 103 cm³/mol. The summed E-state index contributed by atoms with van der Waals surface area (Å²) in [6.45, 7) is 4.97. The number of aromatic amines is 1. The maximum atomic E-state index is 11.7. The van der Waals surface area contributed by atoms with E-state index in [0.29, 0.717) is 17.4 Å². The van der Waals surface area contributed by atoms with Crippen molar-refractivity contribution in [3.8, 4) is 5.75 Å². The molecule has 0 atom stereocenters. The van der Waals surface area contributed by atoms with Gasteiger partial charge in [0.15, 0.2) is 0 Å². The third-order valence-electron chi connectivity index (χ3n) is 4.54. The Bertz CT molecular complexity index is 839. The van der Waals surface area contributed by atoms with E-state index in [-0.39, 0.29) is 11.2 Å². The average molecular weight is 379 g/mol. The van der Waals surface area contributed by atoms with Crippen molar-refractivity contribution in [2.24, 2.45) is 7.05 Å². The van der Waals surface area contributed by atoms with E-state index in [1.807, 2.05) is 24.3 Å². The van der Waals surface area contributed by atoms with Crippen LogP contribution in [0.3, 0.4) is 0 Å². The third-order valence-corrected chi connectivity index (χ3v) is 4.79. The molecule has 7 nitrogen and oxygen atoms in total. The van der Waals surface area contributed by atoms with Gasteiger partial charge in [0.05, 0.1) is 6.61 Å². The van der Waals surface area contributed by atoms with Gasteiger partial charge in [-0.05, 0) is 30.7 Å². The number of nitrogens with zero attached hydrogens (tertiary/aromatic N) is 3. The number of H-pyrrole nitrogens is 1. The average Bonchev–Trinajstić information content (AvgIpc) is 2.64. The van der Waals surface area contributed by atoms with Crippen molar-refractivity contribution in [2.45, 2.75) is 6.42 Å². The minimum atomic E-state index is -0.380. The molecule has 0 aliphatic carbocycles. The Balaban J connectivity index is 1.43. The second kappa shape index (κ2) is 8.42. The molecule has 1 aromatic carbocycles. The number of nitrogens with one attached hydrogen (secondary N) is 1. The summed E-state index contributed by atoms with van der Waals surface area (Å²) >= 11 is 5.85. The van der Waals surface area contributed by atoms with E-state index in [0.717, 1.165) is 44.9 Å². The number of hydrogen-bond acceptors (Lipinski definition) is 5. The lowest BCUT2D eigenvalue weighted by molar-refractivity contribution is 0.224. The third kappa shape index (κ3) is 4.68. The van der Waals surface area contributed by atoms with Gasteiger partial charge in [-0.25, -0.2) is 4.79 Å². The van der Waals surface area contributed by atoms with Crippen molar-refractivity contribution >= 4 is 17.4 Å². The zero-order valence-electron chi connectivity index (χ0n) is 14.8. The molecular weight excluding hydrogens is 356 g/mol. The Morgan fingerprint density at radius 2 is 1.81 bits per heavy atom. The van der Waals surface area contributed by atoms with Gasteiger partial charge < -0.3 is 9.64 Å². The van der Waals surface area contributed by atoms with E-state index in [4.69, 9.17) is 16.3 Å². The van der Waals surface area contributed by atoms with Crippen LogP contribution in [0.25, 0.3) is 0 Å². The summed E-state index contributed by atoms with van der Waals surface area (Å²) in [6.07, 6.45) is 0.937. The molecule has 0 unspecified atom stereocenters. The Labute approximate surface area is 156 Å². The van der Waals surface area contributed by atoms with Crippen molar-refractivity contribution in [3.05, 3.63) is 56.2 Å². The fraction of sp³-hybridized carbons (Fsp3) is 0.444. The van der Waals surface area contributed by atoms with Gasteiger partial charge in [0, 0.05) is 50.9 Å². The minimum Gasteiger partial charge on any atom is -0.494 e. The zero-order valence-corrected chi connectivity index (χ0v) is 15.5. The predicted octanol–water partition coefficient (Wildman–Crippen LogP) is 1.32. The van der Waals surface area contributed by atoms with E-state index in [2.05, 4.69) is 14.8 Å². The summed E-state index contributed by atoms with van der Waals surface area (Å²) in [4.78, 5) is 30.0. The van der Waals surface area contributed by atoms with Gasteiger partial charge in [-0.15, -0.1) is 0 Å². The van der Waals surface area contributed by atoms with Crippen LogP contribution in [0.5, 0.6) is 5.75 Å². The van der Waals surface area contributed by atoms with Gasteiger partial charge in [-0.1, -0.05) is 11.6 Å². The molecular formula is C18H23ClN4O3. The maximum Gasteiger partial charge on any atom is 0.329 e. The Hall–Kier alpha value is -2.25. The van der Waals surface area contributed by atoms with Gasteiger partial charge >= 0.3 is 5.69 Å². The normalized spacial score (nSPS) is 15.2. The summed E-state index contributed by atoms with van der Waals surface area (Å²) < 4.78 is 7.20. The van der Waals surface area contributed by atoms with Gasteiger partial charge in [0.2, 0.25) is 0 Å².